The minimum atomic E-state index is -3.51. The second-order valence-electron chi connectivity index (χ2n) is 10.5. The maximum absolute atomic E-state index is 13.8. The van der Waals surface area contributed by atoms with Crippen LogP contribution in [0.2, 0.25) is 5.02 Å². The number of rotatable bonds is 14. The summed E-state index contributed by atoms with van der Waals surface area (Å²) >= 11 is 6.09. The van der Waals surface area contributed by atoms with Gasteiger partial charge in [0.1, 0.15) is 6.04 Å². The zero-order valence-electron chi connectivity index (χ0n) is 23.6. The molecule has 1 aliphatic heterocycles. The molecule has 1 atom stereocenters. The molecule has 224 valence electrons. The van der Waals surface area contributed by atoms with Gasteiger partial charge in [0.25, 0.3) is 0 Å². The smallest absolute Gasteiger partial charge is 0.243 e. The molecule has 3 aromatic carbocycles. The summed E-state index contributed by atoms with van der Waals surface area (Å²) in [6.07, 6.45) is 3.02. The number of carbonyl (C=O) groups is 2. The van der Waals surface area contributed by atoms with Crippen LogP contribution in [-0.2, 0) is 39.0 Å². The minimum absolute atomic E-state index is 0.0465. The summed E-state index contributed by atoms with van der Waals surface area (Å²) in [4.78, 5) is 29.2. The van der Waals surface area contributed by atoms with Crippen LogP contribution in [0.1, 0.15) is 42.4 Å². The maximum Gasteiger partial charge on any atom is 0.243 e. The molecule has 4 rings (SSSR count). The zero-order valence-corrected chi connectivity index (χ0v) is 25.2. The van der Waals surface area contributed by atoms with Gasteiger partial charge in [0.15, 0.2) is 0 Å². The molecule has 0 aliphatic carbocycles. The van der Waals surface area contributed by atoms with Gasteiger partial charge < -0.3 is 15.3 Å². The first-order valence-corrected chi connectivity index (χ1v) is 16.2. The van der Waals surface area contributed by atoms with Crippen LogP contribution in [0.5, 0.6) is 0 Å². The van der Waals surface area contributed by atoms with Crippen molar-refractivity contribution in [2.24, 2.45) is 0 Å². The molecule has 1 fully saturated rings. The lowest BCUT2D eigenvalue weighted by Gasteiger charge is -2.31. The Morgan fingerprint density at radius 3 is 2.19 bits per heavy atom. The molecule has 1 aliphatic rings. The van der Waals surface area contributed by atoms with Gasteiger partial charge in [0.05, 0.1) is 4.90 Å². The first-order valence-electron chi connectivity index (χ1n) is 14.3. The molecule has 2 amide bonds. The number of aliphatic hydroxyl groups is 1. The first-order chi connectivity index (χ1) is 20.3. The molecule has 1 unspecified atom stereocenters. The lowest BCUT2D eigenvalue weighted by Crippen LogP contribution is -2.50. The Bertz CT molecular complexity index is 1410. The van der Waals surface area contributed by atoms with Crippen LogP contribution in [0.4, 0.5) is 0 Å². The van der Waals surface area contributed by atoms with Crippen LogP contribution >= 0.6 is 11.6 Å². The molecule has 0 aromatic heterocycles. The predicted octanol–water partition coefficient (Wildman–Crippen LogP) is 4.20. The van der Waals surface area contributed by atoms with Crippen molar-refractivity contribution in [2.45, 2.75) is 56.0 Å². The lowest BCUT2D eigenvalue weighted by molar-refractivity contribution is -0.141. The fraction of sp³-hybridized carbons (Fsp3) is 0.375. The van der Waals surface area contributed by atoms with Crippen molar-refractivity contribution in [1.29, 1.82) is 0 Å². The number of nitrogens with one attached hydrogen (secondary N) is 1. The molecule has 42 heavy (non-hydrogen) atoms. The third kappa shape index (κ3) is 8.64. The molecule has 0 saturated carbocycles. The highest BCUT2D eigenvalue weighted by Gasteiger charge is 2.30. The fourth-order valence-electron chi connectivity index (χ4n) is 5.05. The SMILES string of the molecule is O=C(NCCCO)C(Cc1ccccc1)N(Cc1ccc(Cl)cc1)C(=O)CCc1ccc(S(=O)(=O)N2CCCC2)cc1. The van der Waals surface area contributed by atoms with Crippen molar-refractivity contribution in [1.82, 2.24) is 14.5 Å². The zero-order chi connectivity index (χ0) is 30.0. The number of aryl methyl sites for hydroxylation is 1. The highest BCUT2D eigenvalue weighted by atomic mass is 35.5. The number of hydrogen-bond acceptors (Lipinski definition) is 5. The van der Waals surface area contributed by atoms with Crippen molar-refractivity contribution in [3.63, 3.8) is 0 Å². The van der Waals surface area contributed by atoms with Crippen molar-refractivity contribution >= 4 is 33.4 Å². The van der Waals surface area contributed by atoms with Gasteiger partial charge in [-0.25, -0.2) is 8.42 Å². The molecule has 0 radical (unpaired) electrons. The van der Waals surface area contributed by atoms with Gasteiger partial charge in [-0.2, -0.15) is 4.31 Å². The van der Waals surface area contributed by atoms with E-state index in [0.717, 1.165) is 29.5 Å². The Kier molecular flexibility index (Phi) is 11.5. The van der Waals surface area contributed by atoms with Gasteiger partial charge in [0.2, 0.25) is 21.8 Å². The minimum Gasteiger partial charge on any atom is -0.396 e. The molecular weight excluding hydrogens is 574 g/mol. The maximum atomic E-state index is 13.8. The highest BCUT2D eigenvalue weighted by molar-refractivity contribution is 7.89. The standard InChI is InChI=1S/C32H38ClN3O5S/c33-28-14-9-27(10-15-28)24-36(30(32(39)34-19-6-22-37)23-26-7-2-1-3-8-26)31(38)18-13-25-11-16-29(17-12-25)42(40,41)35-20-4-5-21-35/h1-3,7-12,14-17,30,37H,4-6,13,18-24H2,(H,34,39). The molecule has 0 spiro atoms. The molecule has 1 saturated heterocycles. The number of amides is 2. The lowest BCUT2D eigenvalue weighted by atomic mass is 10.0. The quantitative estimate of drug-likeness (QED) is 0.266. The predicted molar refractivity (Wildman–Crippen MR) is 163 cm³/mol. The Morgan fingerprint density at radius 2 is 1.55 bits per heavy atom. The van der Waals surface area contributed by atoms with Crippen LogP contribution in [0.3, 0.4) is 0 Å². The number of nitrogens with zero attached hydrogens (tertiary/aromatic N) is 2. The van der Waals surface area contributed by atoms with E-state index in [2.05, 4.69) is 5.32 Å². The summed E-state index contributed by atoms with van der Waals surface area (Å²) < 4.78 is 27.3. The normalized spacial score (nSPS) is 14.4. The summed E-state index contributed by atoms with van der Waals surface area (Å²) in [6.45, 7) is 1.55. The van der Waals surface area contributed by atoms with Crippen LogP contribution in [0, 0.1) is 0 Å². The Balaban J connectivity index is 1.54. The summed E-state index contributed by atoms with van der Waals surface area (Å²) in [7, 11) is -3.51. The topological polar surface area (TPSA) is 107 Å². The fourth-order valence-corrected chi connectivity index (χ4v) is 6.69. The average molecular weight is 612 g/mol. The second-order valence-corrected chi connectivity index (χ2v) is 12.9. The number of benzene rings is 3. The van der Waals surface area contributed by atoms with E-state index in [4.69, 9.17) is 11.6 Å². The van der Waals surface area contributed by atoms with Crippen LogP contribution in [-0.4, -0.2) is 66.8 Å². The van der Waals surface area contributed by atoms with E-state index in [1.807, 2.05) is 42.5 Å². The molecule has 10 heteroatoms. The van der Waals surface area contributed by atoms with Crippen molar-refractivity contribution < 1.29 is 23.1 Å². The van der Waals surface area contributed by atoms with E-state index in [0.29, 0.717) is 43.9 Å². The number of sulfonamides is 1. The van der Waals surface area contributed by atoms with Gasteiger partial charge in [0, 0.05) is 50.7 Å². The van der Waals surface area contributed by atoms with E-state index in [1.165, 1.54) is 4.31 Å². The van der Waals surface area contributed by atoms with Crippen LogP contribution in [0.15, 0.2) is 83.8 Å². The number of halogens is 1. The molecule has 0 bridgehead atoms. The third-order valence-electron chi connectivity index (χ3n) is 7.43. The Morgan fingerprint density at radius 1 is 0.905 bits per heavy atom. The summed E-state index contributed by atoms with van der Waals surface area (Å²) in [6, 6.07) is 22.7. The Hall–Kier alpha value is -3.24. The van der Waals surface area contributed by atoms with Gasteiger partial charge >= 0.3 is 0 Å². The number of hydrogen-bond donors (Lipinski definition) is 2. The van der Waals surface area contributed by atoms with E-state index in [9.17, 15) is 23.1 Å². The van der Waals surface area contributed by atoms with Gasteiger partial charge in [-0.1, -0.05) is 66.2 Å². The second kappa shape index (κ2) is 15.3. The van der Waals surface area contributed by atoms with Gasteiger partial charge in [-0.15, -0.1) is 0 Å². The highest BCUT2D eigenvalue weighted by Crippen LogP contribution is 2.22. The van der Waals surface area contributed by atoms with Crippen LogP contribution in [0.25, 0.3) is 0 Å². The largest absolute Gasteiger partial charge is 0.396 e. The summed E-state index contributed by atoms with van der Waals surface area (Å²) in [5.74, 6) is -0.483. The van der Waals surface area contributed by atoms with E-state index < -0.39 is 16.1 Å². The van der Waals surface area contributed by atoms with E-state index in [1.54, 1.807) is 41.3 Å². The van der Waals surface area contributed by atoms with Crippen LogP contribution < -0.4 is 5.32 Å². The molecule has 8 nitrogen and oxygen atoms in total. The van der Waals surface area contributed by atoms with Gasteiger partial charge in [-0.05, 0) is 66.6 Å². The van der Waals surface area contributed by atoms with Crippen molar-refractivity contribution in [3.8, 4) is 0 Å². The summed E-state index contributed by atoms with van der Waals surface area (Å²) in [5, 5.41) is 12.7. The Labute approximate surface area is 253 Å². The third-order valence-corrected chi connectivity index (χ3v) is 9.59. The molecule has 2 N–H and O–H groups in total. The average Bonchev–Trinajstić information content (AvgIpc) is 3.56. The first kappa shape index (κ1) is 31.7. The van der Waals surface area contributed by atoms with Crippen molar-refractivity contribution in [3.05, 3.63) is 101 Å². The van der Waals surface area contributed by atoms with Gasteiger partial charge in [-0.3, -0.25) is 9.59 Å². The molecule has 1 heterocycles. The molecule has 3 aromatic rings. The van der Waals surface area contributed by atoms with E-state index >= 15 is 0 Å². The monoisotopic (exact) mass is 611 g/mol. The molecular formula is C32H38ClN3O5S. The summed E-state index contributed by atoms with van der Waals surface area (Å²) in [5.41, 5.74) is 2.59. The number of aliphatic hydroxyl groups excluding tert-OH is 1. The van der Waals surface area contributed by atoms with E-state index in [-0.39, 0.29) is 36.3 Å². The number of carbonyl (C=O) groups excluding carboxylic acids is 2. The van der Waals surface area contributed by atoms with Crippen molar-refractivity contribution in [2.75, 3.05) is 26.2 Å².